The second-order valence-corrected chi connectivity index (χ2v) is 35.1. The number of methoxy groups -OCH3 is 2. The van der Waals surface area contributed by atoms with E-state index in [0.717, 1.165) is 166 Å². The normalized spacial score (nSPS) is 15.8. The van der Waals surface area contributed by atoms with Crippen molar-refractivity contribution in [3.63, 3.8) is 0 Å². The summed E-state index contributed by atoms with van der Waals surface area (Å²) in [4.78, 5) is 154. The van der Waals surface area contributed by atoms with Crippen LogP contribution in [-0.2, 0) is 45.2 Å². The Morgan fingerprint density at radius 3 is 1.28 bits per heavy atom. The van der Waals surface area contributed by atoms with Gasteiger partial charge in [-0.05, 0) is 212 Å². The van der Waals surface area contributed by atoms with Gasteiger partial charge in [-0.15, -0.1) is 0 Å². The van der Waals surface area contributed by atoms with Gasteiger partial charge < -0.3 is 57.8 Å². The highest BCUT2D eigenvalue weighted by molar-refractivity contribution is 9.10. The lowest BCUT2D eigenvalue weighted by molar-refractivity contribution is -0.121. The third-order valence-electron chi connectivity index (χ3n) is 25.1. The first-order valence-corrected chi connectivity index (χ1v) is 47.2. The molecule has 8 amide bonds. The molecule has 36 heteroatoms. The van der Waals surface area contributed by atoms with E-state index in [1.54, 1.807) is 112 Å². The van der Waals surface area contributed by atoms with E-state index in [4.69, 9.17) is 29.0 Å². The zero-order chi connectivity index (χ0) is 97.3. The van der Waals surface area contributed by atoms with Gasteiger partial charge in [0.2, 0.25) is 11.8 Å². The van der Waals surface area contributed by atoms with Crippen LogP contribution in [0.15, 0.2) is 184 Å². The smallest absolute Gasteiger partial charge is 0.488 e. The number of carbonyl (C=O) groups is 8. The second kappa shape index (κ2) is 48.7. The zero-order valence-electron chi connectivity index (χ0n) is 77.3. The van der Waals surface area contributed by atoms with E-state index in [0.29, 0.717) is 126 Å². The number of imide groups is 2. The van der Waals surface area contributed by atoms with Gasteiger partial charge in [0.25, 0.3) is 28.5 Å². The van der Waals surface area contributed by atoms with Crippen molar-refractivity contribution < 1.29 is 80.5 Å². The predicted octanol–water partition coefficient (Wildman–Crippen LogP) is 13.4. The van der Waals surface area contributed by atoms with Crippen LogP contribution in [0.25, 0.3) is 54.6 Å². The van der Waals surface area contributed by atoms with Gasteiger partial charge in [-0.2, -0.15) is 0 Å². The molecule has 0 unspecified atom stereocenters. The van der Waals surface area contributed by atoms with Crippen LogP contribution in [0.5, 0.6) is 11.5 Å². The number of aromatic nitrogens is 6. The summed E-state index contributed by atoms with van der Waals surface area (Å²) in [5, 5.41) is 29.3. The highest BCUT2D eigenvalue weighted by atomic mass is 79.9. The van der Waals surface area contributed by atoms with Gasteiger partial charge in [0, 0.05) is 190 Å². The van der Waals surface area contributed by atoms with Gasteiger partial charge in [-0.1, -0.05) is 64.3 Å². The SMILES string of the molecule is CCCCn1cc(-c2ccc(C=O)c(F)c2)c2ccncc2c1=O.CCCCn1cc(-c2ccc(CN3CCC(OC4CCN(C(=O)c5ccc(OC)c(N6CCC(=O)NC6=O)c5)CC4)CC3)c(F)c2)c2ccncc2c1=O.CCCCn1cc(Br)c2ccncc2c1=O.COc1ccc(C(=O)N2CCC(OC3CCNCC3)CC2)cc1N1CCC(=O)NC1=O.O=Cc1ccc(B(O)O)cc1F. The van der Waals surface area contributed by atoms with E-state index in [1.165, 1.54) is 48.3 Å². The lowest BCUT2D eigenvalue weighted by atomic mass is 9.80. The van der Waals surface area contributed by atoms with Crippen LogP contribution in [0.1, 0.15) is 170 Å². The third-order valence-corrected chi connectivity index (χ3v) is 25.7. The standard InChI is InChI=1S/C41H47FN6O6.C22H30N4O5.C19H17FN2O2.C12H13BrN2O.C7H6BFO3/c1-3-4-16-47-26-34(32-9-15-43-24-33(32)40(47)51)27-5-6-29(35(42)22-27)25-45-17-10-30(11-18-45)54-31-12-19-46(20-13-31)39(50)28-7-8-37(53-2)36(23-28)48-21-14-38(49)44-41(48)52;1-30-19-3-2-15(14-18(19)26-13-8-20(27)24-22(26)29)21(28)25-11-6-17(7-12-25)31-16-4-9-23-10-5-16;1-2-3-8-22-11-17(13-4-5-14(12-23)18(20)9-13)15-6-7-21-10-16(15)19(22)24;1-2-3-6-15-8-11(13)9-4-5-14-7-10(9)12(15)16;9-7-3-6(8(11)12)2-1-5(7)4-10/h5-9,15,22-24,26,30-31H,3-4,10-14,16-21,25H2,1-2H3,(H,44,49,52);2-3,14,16-17,23H,4-13H2,1H3,(H,24,27,29);4-7,9-12H,2-3,8H2,1H3;4-5,7-8H,2-3,6H2,1H3;1-4,11-12H. The van der Waals surface area contributed by atoms with Crippen LogP contribution in [0, 0.1) is 17.5 Å². The van der Waals surface area contributed by atoms with E-state index in [2.05, 4.69) is 72.5 Å². The Labute approximate surface area is 798 Å². The number of fused-ring (bicyclic) bond motifs is 3. The number of aryl methyl sites for hydroxylation is 3. The molecule has 6 aliphatic rings. The molecular formula is C101H113BBrF3N14O17. The fourth-order valence-corrected chi connectivity index (χ4v) is 18.0. The number of benzene rings is 5. The number of hydrogen-bond acceptors (Lipinski definition) is 22. The number of urea groups is 2. The molecule has 5 N–H and O–H groups in total. The number of rotatable bonds is 26. The molecular weight excluding hydrogens is 1830 g/mol. The highest BCUT2D eigenvalue weighted by Gasteiger charge is 2.35. The number of likely N-dealkylation sites (tertiary alicyclic amines) is 3. The number of piperidine rings is 4. The van der Waals surface area contributed by atoms with Crippen molar-refractivity contribution in [1.82, 2.24) is 59.3 Å². The first kappa shape index (κ1) is 101. The molecule has 5 aromatic carbocycles. The first-order chi connectivity index (χ1) is 66.3. The fraction of sp³-hybridized carbons (Fsp3) is 0.386. The van der Waals surface area contributed by atoms with Crippen molar-refractivity contribution in [2.45, 2.75) is 174 Å². The van der Waals surface area contributed by atoms with Crippen molar-refractivity contribution in [2.24, 2.45) is 0 Å². The maximum Gasteiger partial charge on any atom is 0.488 e. The van der Waals surface area contributed by atoms with Crippen LogP contribution in [0.3, 0.4) is 0 Å². The van der Waals surface area contributed by atoms with Gasteiger partial charge >= 0.3 is 19.2 Å². The molecule has 31 nitrogen and oxygen atoms in total. The van der Waals surface area contributed by atoms with E-state index in [9.17, 15) is 61.5 Å². The summed E-state index contributed by atoms with van der Waals surface area (Å²) in [6.07, 6.45) is 29.8. The van der Waals surface area contributed by atoms with Crippen LogP contribution < -0.4 is 57.4 Å². The lowest BCUT2D eigenvalue weighted by Gasteiger charge is -2.37. The van der Waals surface area contributed by atoms with Crippen LogP contribution in [-0.4, -0.2) is 213 Å². The average Bonchev–Trinajstić information content (AvgIpc) is 0.678. The summed E-state index contributed by atoms with van der Waals surface area (Å²) < 4.78 is 72.0. The summed E-state index contributed by atoms with van der Waals surface area (Å²) in [6, 6.07) is 27.7. The number of anilines is 2. The number of hydrogen-bond donors (Lipinski definition) is 5. The van der Waals surface area contributed by atoms with Crippen molar-refractivity contribution in [3.8, 4) is 33.8 Å². The number of nitrogens with zero attached hydrogens (tertiary/aromatic N) is 11. The maximum absolute atomic E-state index is 15.6. The minimum atomic E-state index is -1.71. The molecule has 137 heavy (non-hydrogen) atoms. The van der Waals surface area contributed by atoms with Crippen molar-refractivity contribution in [1.29, 1.82) is 0 Å². The van der Waals surface area contributed by atoms with Crippen LogP contribution in [0.2, 0.25) is 0 Å². The molecule has 6 aliphatic heterocycles. The molecule has 0 radical (unpaired) electrons. The molecule has 6 saturated heterocycles. The Bertz CT molecular complexity index is 6380. The minimum Gasteiger partial charge on any atom is -0.495 e. The van der Waals surface area contributed by atoms with Gasteiger partial charge in [0.15, 0.2) is 12.6 Å². The van der Waals surface area contributed by atoms with E-state index in [-0.39, 0.29) is 107 Å². The molecule has 12 heterocycles. The van der Waals surface area contributed by atoms with Gasteiger partial charge in [0.05, 0.1) is 71.7 Å². The highest BCUT2D eigenvalue weighted by Crippen LogP contribution is 2.37. The Morgan fingerprint density at radius 2 is 0.876 bits per heavy atom. The maximum atomic E-state index is 15.6. The first-order valence-electron chi connectivity index (χ1n) is 46.4. The number of unbranched alkanes of at least 4 members (excludes halogenated alkanes) is 3. The Hall–Kier alpha value is -13.0. The summed E-state index contributed by atoms with van der Waals surface area (Å²) in [5.41, 5.74) is 5.27. The second-order valence-electron chi connectivity index (χ2n) is 34.3. The van der Waals surface area contributed by atoms with Crippen molar-refractivity contribution in [2.75, 3.05) is 89.5 Å². The zero-order valence-corrected chi connectivity index (χ0v) is 78.9. The minimum absolute atomic E-state index is 0.0176. The summed E-state index contributed by atoms with van der Waals surface area (Å²) in [5.74, 6) is -1.49. The Balaban J connectivity index is 0.000000161. The van der Waals surface area contributed by atoms with Crippen LogP contribution in [0.4, 0.5) is 34.1 Å². The Kier molecular flexibility index (Phi) is 36.0. The van der Waals surface area contributed by atoms with Gasteiger partial charge in [-0.25, -0.2) is 22.8 Å². The molecule has 6 fully saturated rings. The number of amides is 8. The average molecular weight is 1940 g/mol. The third kappa shape index (κ3) is 25.7. The van der Waals surface area contributed by atoms with Crippen LogP contribution >= 0.6 is 15.9 Å². The molecule has 6 aromatic heterocycles. The monoisotopic (exact) mass is 1940 g/mol. The summed E-state index contributed by atoms with van der Waals surface area (Å²) in [6.45, 7) is 15.2. The number of aldehydes is 2. The van der Waals surface area contributed by atoms with Gasteiger partial charge in [0.1, 0.15) is 29.0 Å². The molecule has 0 aliphatic carbocycles. The fourth-order valence-electron chi connectivity index (χ4n) is 17.4. The molecule has 0 bridgehead atoms. The quantitative estimate of drug-likeness (QED) is 0.0248. The molecule has 11 aromatic rings. The predicted molar refractivity (Wildman–Crippen MR) is 519 cm³/mol. The number of halogens is 4. The van der Waals surface area contributed by atoms with Crippen molar-refractivity contribution in [3.05, 3.63) is 246 Å². The number of carbonyl (C=O) groups excluding carboxylic acids is 8. The largest absolute Gasteiger partial charge is 0.495 e. The Morgan fingerprint density at radius 1 is 0.474 bits per heavy atom. The molecule has 0 saturated carbocycles. The number of nitrogens with one attached hydrogen (secondary N) is 3. The molecule has 720 valence electrons. The lowest BCUT2D eigenvalue weighted by Crippen LogP contribution is -2.49. The van der Waals surface area contributed by atoms with E-state index < -0.39 is 30.8 Å². The van der Waals surface area contributed by atoms with Gasteiger partial charge in [-0.3, -0.25) is 83.4 Å². The number of ether oxygens (including phenoxy) is 4. The van der Waals surface area contributed by atoms with E-state index >= 15 is 4.39 Å². The molecule has 0 spiro atoms. The topological polar surface area (TPSA) is 371 Å². The summed E-state index contributed by atoms with van der Waals surface area (Å²) in [7, 11) is 1.31. The summed E-state index contributed by atoms with van der Waals surface area (Å²) >= 11 is 3.49. The molecule has 17 rings (SSSR count). The van der Waals surface area contributed by atoms with E-state index in [1.807, 2.05) is 46.5 Å². The molecule has 0 atom stereocenters. The van der Waals surface area contributed by atoms with Crippen molar-refractivity contribution >= 4 is 120 Å². The number of pyridine rings is 6.